The second-order valence-electron chi connectivity index (χ2n) is 10.0. The molecule has 0 aliphatic carbocycles. The molecular formula is C32H28N4O10S. The number of amides is 1. The Morgan fingerprint density at radius 3 is 2.28 bits per heavy atom. The maximum atomic E-state index is 14.2. The molecule has 0 saturated carbocycles. The Balaban J connectivity index is 1.83. The van der Waals surface area contributed by atoms with E-state index >= 15 is 0 Å². The summed E-state index contributed by atoms with van der Waals surface area (Å²) in [5, 5.41) is 34.2. The van der Waals surface area contributed by atoms with Gasteiger partial charge in [-0.05, 0) is 60.5 Å². The summed E-state index contributed by atoms with van der Waals surface area (Å²) in [7, 11) is 2.71. The van der Waals surface area contributed by atoms with E-state index in [-0.39, 0.29) is 67.1 Å². The van der Waals surface area contributed by atoms with Gasteiger partial charge in [-0.2, -0.15) is 0 Å². The number of benzene rings is 3. The highest BCUT2D eigenvalue weighted by Gasteiger charge is 2.39. The normalized spacial score (nSPS) is 14.4. The fraction of sp³-hybridized carbons (Fsp3) is 0.156. The number of hydrogen-bond acceptors (Lipinski definition) is 12. The number of methoxy groups -OCH3 is 2. The number of carbonyl (C=O) groups is 2. The molecule has 1 aliphatic rings. The number of aromatic hydroxyl groups is 2. The van der Waals surface area contributed by atoms with Gasteiger partial charge < -0.3 is 35.5 Å². The first-order valence-electron chi connectivity index (χ1n) is 13.9. The highest BCUT2D eigenvalue weighted by Crippen LogP contribution is 2.40. The van der Waals surface area contributed by atoms with Crippen LogP contribution in [0.15, 0.2) is 71.0 Å². The summed E-state index contributed by atoms with van der Waals surface area (Å²) in [6, 6.07) is 13.8. The van der Waals surface area contributed by atoms with Crippen molar-refractivity contribution >= 4 is 52.1 Å². The molecule has 15 heteroatoms. The fourth-order valence-corrected chi connectivity index (χ4v) is 6.26. The summed E-state index contributed by atoms with van der Waals surface area (Å²) in [4.78, 5) is 52.3. The molecule has 3 aromatic carbocycles. The number of nitro groups is 1. The first-order chi connectivity index (χ1) is 22.5. The number of nitrogens with zero attached hydrogens (tertiary/aromatic N) is 2. The molecule has 0 fully saturated rings. The van der Waals surface area contributed by atoms with Gasteiger partial charge in [-0.3, -0.25) is 24.3 Å². The molecule has 47 heavy (non-hydrogen) atoms. The highest BCUT2D eigenvalue weighted by molar-refractivity contribution is 7.07. The Morgan fingerprint density at radius 2 is 1.66 bits per heavy atom. The number of thiazole rings is 1. The summed E-state index contributed by atoms with van der Waals surface area (Å²) in [5.41, 5.74) is 6.45. The van der Waals surface area contributed by atoms with E-state index in [0.29, 0.717) is 11.1 Å². The van der Waals surface area contributed by atoms with Crippen molar-refractivity contribution in [1.29, 1.82) is 0 Å². The van der Waals surface area contributed by atoms with E-state index in [4.69, 9.17) is 19.9 Å². The van der Waals surface area contributed by atoms with Crippen LogP contribution >= 0.6 is 11.3 Å². The molecule has 242 valence electrons. The van der Waals surface area contributed by atoms with Crippen LogP contribution in [0.25, 0.3) is 17.5 Å². The largest absolute Gasteiger partial charge is 0.504 e. The van der Waals surface area contributed by atoms with Crippen LogP contribution in [-0.4, -0.2) is 52.4 Å². The molecule has 1 amide bonds. The van der Waals surface area contributed by atoms with Gasteiger partial charge in [0.15, 0.2) is 23.0 Å². The van der Waals surface area contributed by atoms with Crippen LogP contribution in [0.2, 0.25) is 0 Å². The van der Waals surface area contributed by atoms with E-state index in [0.717, 1.165) is 15.9 Å². The summed E-state index contributed by atoms with van der Waals surface area (Å²) in [6.07, 6.45) is 1.52. The highest BCUT2D eigenvalue weighted by atomic mass is 32.1. The number of aromatic nitrogens is 1. The Morgan fingerprint density at radius 1 is 1.02 bits per heavy atom. The fourth-order valence-electron chi connectivity index (χ4n) is 5.08. The lowest BCUT2D eigenvalue weighted by Crippen LogP contribution is -2.42. The third kappa shape index (κ3) is 6.11. The second kappa shape index (κ2) is 13.1. The Bertz CT molecular complexity index is 2130. The number of non-ortho nitro benzene ring substituents is 1. The number of nitro benzene ring substituents is 1. The average molecular weight is 661 g/mol. The summed E-state index contributed by atoms with van der Waals surface area (Å²) < 4.78 is 17.1. The molecule has 0 saturated heterocycles. The van der Waals surface area contributed by atoms with E-state index < -0.39 is 28.3 Å². The zero-order chi connectivity index (χ0) is 34.0. The van der Waals surface area contributed by atoms with Gasteiger partial charge in [0, 0.05) is 17.8 Å². The third-order valence-electron chi connectivity index (χ3n) is 7.26. The molecule has 1 aromatic heterocycles. The van der Waals surface area contributed by atoms with Crippen LogP contribution in [0, 0.1) is 10.1 Å². The average Bonchev–Trinajstić information content (AvgIpc) is 3.37. The monoisotopic (exact) mass is 660 g/mol. The lowest BCUT2D eigenvalue weighted by molar-refractivity contribution is -0.384. The molecule has 14 nitrogen and oxygen atoms in total. The quantitative estimate of drug-likeness (QED) is 0.116. The zero-order valence-corrected chi connectivity index (χ0v) is 26.0. The Kier molecular flexibility index (Phi) is 9.01. The van der Waals surface area contributed by atoms with Crippen molar-refractivity contribution < 1.29 is 38.9 Å². The SMILES string of the molecule is CCOC(=O)C1=C(N)n2c(s/c(=C\c3ccc(O)c(OC)c3)c2=O)=C(C(=O)Nc2ccc([N+](=O)[O-])cc2)C1c1ccc(O)c(OC)c1. The van der Waals surface area contributed by atoms with E-state index in [1.54, 1.807) is 13.0 Å². The van der Waals surface area contributed by atoms with Gasteiger partial charge in [0.25, 0.3) is 17.2 Å². The van der Waals surface area contributed by atoms with E-state index in [1.165, 1.54) is 74.9 Å². The van der Waals surface area contributed by atoms with Crippen molar-refractivity contribution in [2.24, 2.45) is 5.73 Å². The lowest BCUT2D eigenvalue weighted by Gasteiger charge is -2.28. The van der Waals surface area contributed by atoms with Gasteiger partial charge in [0.05, 0.1) is 47.3 Å². The van der Waals surface area contributed by atoms with Crippen LogP contribution in [0.4, 0.5) is 11.4 Å². The van der Waals surface area contributed by atoms with Crippen LogP contribution in [0.5, 0.6) is 23.0 Å². The maximum Gasteiger partial charge on any atom is 0.338 e. The number of hydrogen-bond donors (Lipinski definition) is 4. The predicted molar refractivity (Wildman–Crippen MR) is 173 cm³/mol. The first kappa shape index (κ1) is 32.3. The van der Waals surface area contributed by atoms with Gasteiger partial charge in [0.1, 0.15) is 10.5 Å². The molecule has 1 aliphatic heterocycles. The second-order valence-corrected chi connectivity index (χ2v) is 11.1. The minimum Gasteiger partial charge on any atom is -0.504 e. The van der Waals surface area contributed by atoms with Crippen molar-refractivity contribution in [3.05, 3.63) is 107 Å². The number of fused-ring (bicyclic) bond motifs is 1. The van der Waals surface area contributed by atoms with Crippen molar-refractivity contribution in [1.82, 2.24) is 4.57 Å². The third-order valence-corrected chi connectivity index (χ3v) is 8.37. The maximum absolute atomic E-state index is 14.2. The molecule has 1 unspecified atom stereocenters. The number of phenols is 2. The van der Waals surface area contributed by atoms with Gasteiger partial charge in [-0.25, -0.2) is 4.79 Å². The molecule has 5 N–H and O–H groups in total. The Labute approximate surface area is 270 Å². The van der Waals surface area contributed by atoms with E-state index in [1.807, 2.05) is 0 Å². The number of phenolic OH excluding ortho intramolecular Hbond substituents is 2. The lowest BCUT2D eigenvalue weighted by atomic mass is 9.82. The number of nitrogens with two attached hydrogens (primary N) is 1. The molecule has 4 aromatic rings. The number of carbonyl (C=O) groups excluding carboxylic acids is 2. The Hall–Kier alpha value is -6.09. The number of rotatable bonds is 9. The van der Waals surface area contributed by atoms with Gasteiger partial charge in [-0.15, -0.1) is 11.3 Å². The first-order valence-corrected chi connectivity index (χ1v) is 14.7. The number of nitrogens with one attached hydrogen (secondary N) is 1. The van der Waals surface area contributed by atoms with Crippen molar-refractivity contribution in [2.45, 2.75) is 12.8 Å². The minimum atomic E-state index is -1.22. The summed E-state index contributed by atoms with van der Waals surface area (Å²) in [5.74, 6) is -3.23. The molecule has 5 rings (SSSR count). The van der Waals surface area contributed by atoms with Crippen LogP contribution in [-0.2, 0) is 14.3 Å². The van der Waals surface area contributed by atoms with Crippen molar-refractivity contribution in [3.8, 4) is 23.0 Å². The van der Waals surface area contributed by atoms with E-state index in [2.05, 4.69) is 5.32 Å². The number of anilines is 1. The van der Waals surface area contributed by atoms with E-state index in [9.17, 15) is 34.7 Å². The molecule has 0 spiro atoms. The summed E-state index contributed by atoms with van der Waals surface area (Å²) >= 11 is 0.928. The molecule has 0 bridgehead atoms. The summed E-state index contributed by atoms with van der Waals surface area (Å²) in [6.45, 7) is 1.54. The zero-order valence-electron chi connectivity index (χ0n) is 25.2. The topological polar surface area (TPSA) is 205 Å². The standard InChI is InChI=1S/C32H28N4O10S/c1-4-46-32(41)26-25(17-6-12-21(38)23(15-17)45-3)27(29(39)34-18-7-9-19(10-8-18)36(42)43)31-35(28(26)33)30(40)24(47-31)14-16-5-11-20(37)22(13-16)44-2/h5-15,25,37-38H,4,33H2,1-3H3,(H,34,39)/b24-14-. The molecule has 2 heterocycles. The van der Waals surface area contributed by atoms with Crippen LogP contribution in [0.3, 0.4) is 0 Å². The minimum absolute atomic E-state index is 0.0430. The smallest absolute Gasteiger partial charge is 0.338 e. The number of ether oxygens (including phenoxy) is 3. The predicted octanol–water partition coefficient (Wildman–Crippen LogP) is 2.35. The van der Waals surface area contributed by atoms with Crippen molar-refractivity contribution in [3.63, 3.8) is 0 Å². The van der Waals surface area contributed by atoms with Gasteiger partial charge in [-0.1, -0.05) is 12.1 Å². The van der Waals surface area contributed by atoms with Crippen LogP contribution in [0.1, 0.15) is 24.0 Å². The molecule has 1 atom stereocenters. The molecular weight excluding hydrogens is 632 g/mol. The molecule has 0 radical (unpaired) electrons. The van der Waals surface area contributed by atoms with Crippen molar-refractivity contribution in [2.75, 3.05) is 26.1 Å². The number of esters is 1. The van der Waals surface area contributed by atoms with Gasteiger partial charge in [0.2, 0.25) is 0 Å². The van der Waals surface area contributed by atoms with Crippen LogP contribution < -0.4 is 35.3 Å². The van der Waals surface area contributed by atoms with Gasteiger partial charge >= 0.3 is 5.97 Å².